The molecule has 10 heteroatoms. The van der Waals surface area contributed by atoms with Crippen LogP contribution in [0.2, 0.25) is 5.02 Å². The first-order valence-electron chi connectivity index (χ1n) is 5.45. The van der Waals surface area contributed by atoms with Crippen molar-refractivity contribution in [3.8, 4) is 0 Å². The highest BCUT2D eigenvalue weighted by Gasteiger charge is 2.23. The van der Waals surface area contributed by atoms with Crippen LogP contribution in [0.15, 0.2) is 29.4 Å². The molecule has 2 rings (SSSR count). The number of nitrogens with zero attached hydrogens (tertiary/aromatic N) is 2. The monoisotopic (exact) mass is 333 g/mol. The molecule has 0 amide bonds. The summed E-state index contributed by atoms with van der Waals surface area (Å²) < 4.78 is 40.8. The number of halogens is 2. The van der Waals surface area contributed by atoms with Gasteiger partial charge in [0.15, 0.2) is 5.03 Å². The number of aromatic nitrogens is 2. The van der Waals surface area contributed by atoms with Crippen LogP contribution in [0.4, 0.5) is 10.1 Å². The van der Waals surface area contributed by atoms with Crippen LogP contribution in [0.25, 0.3) is 0 Å². The summed E-state index contributed by atoms with van der Waals surface area (Å²) in [6, 6.07) is 2.83. The smallest absolute Gasteiger partial charge is 0.338 e. The van der Waals surface area contributed by atoms with Crippen molar-refractivity contribution in [1.29, 1.82) is 0 Å². The van der Waals surface area contributed by atoms with Crippen LogP contribution in [-0.2, 0) is 17.1 Å². The minimum Gasteiger partial charge on any atom is -0.478 e. The Bertz CT molecular complexity index is 799. The van der Waals surface area contributed by atoms with Gasteiger partial charge in [-0.3, -0.25) is 9.40 Å². The molecule has 1 heterocycles. The Morgan fingerprint density at radius 3 is 2.67 bits per heavy atom. The second-order valence-electron chi connectivity index (χ2n) is 4.03. The number of carboxylic acids is 1. The normalized spacial score (nSPS) is 11.4. The van der Waals surface area contributed by atoms with Gasteiger partial charge >= 0.3 is 5.97 Å². The van der Waals surface area contributed by atoms with Gasteiger partial charge in [0.2, 0.25) is 0 Å². The molecule has 2 aromatic rings. The average molecular weight is 334 g/mol. The molecule has 0 fully saturated rings. The van der Waals surface area contributed by atoms with Gasteiger partial charge in [0, 0.05) is 12.7 Å². The predicted octanol–water partition coefficient (Wildman–Crippen LogP) is 1.71. The molecule has 0 saturated carbocycles. The van der Waals surface area contributed by atoms with Gasteiger partial charge in [0.1, 0.15) is 5.82 Å². The van der Waals surface area contributed by atoms with Crippen molar-refractivity contribution in [3.63, 3.8) is 0 Å². The van der Waals surface area contributed by atoms with E-state index in [0.717, 1.165) is 29.1 Å². The third-order valence-corrected chi connectivity index (χ3v) is 4.43. The number of aromatic carboxylic acids is 1. The van der Waals surface area contributed by atoms with Crippen molar-refractivity contribution in [1.82, 2.24) is 9.78 Å². The number of nitrogens with one attached hydrogen (secondary N) is 1. The summed E-state index contributed by atoms with van der Waals surface area (Å²) in [5.74, 6) is -2.48. The van der Waals surface area contributed by atoms with Crippen molar-refractivity contribution in [3.05, 3.63) is 40.8 Å². The summed E-state index contributed by atoms with van der Waals surface area (Å²) in [5, 5.41) is 12.1. The Balaban J connectivity index is 2.42. The summed E-state index contributed by atoms with van der Waals surface area (Å²) >= 11 is 5.75. The maximum Gasteiger partial charge on any atom is 0.338 e. The van der Waals surface area contributed by atoms with Gasteiger partial charge < -0.3 is 5.11 Å². The number of aryl methyl sites for hydroxylation is 1. The molecule has 0 aliphatic carbocycles. The van der Waals surface area contributed by atoms with E-state index in [9.17, 15) is 17.6 Å². The maximum absolute atomic E-state index is 13.3. The highest BCUT2D eigenvalue weighted by molar-refractivity contribution is 7.92. The Morgan fingerprint density at radius 1 is 1.48 bits per heavy atom. The molecule has 21 heavy (non-hydrogen) atoms. The quantitative estimate of drug-likeness (QED) is 0.887. The van der Waals surface area contributed by atoms with Gasteiger partial charge in [-0.1, -0.05) is 11.6 Å². The van der Waals surface area contributed by atoms with Gasteiger partial charge in [0.25, 0.3) is 10.0 Å². The molecule has 112 valence electrons. The van der Waals surface area contributed by atoms with Gasteiger partial charge in [-0.15, -0.1) is 0 Å². The summed E-state index contributed by atoms with van der Waals surface area (Å²) in [6.07, 6.45) is 1.16. The molecule has 0 unspecified atom stereocenters. The first kappa shape index (κ1) is 15.3. The SMILES string of the molecule is Cn1ncc(Cl)c1S(=O)(=O)Nc1ccc(F)c(C(=O)O)c1. The van der Waals surface area contributed by atoms with Crippen LogP contribution in [0, 0.1) is 5.82 Å². The van der Waals surface area contributed by atoms with E-state index in [1.54, 1.807) is 0 Å². The van der Waals surface area contributed by atoms with E-state index in [2.05, 4.69) is 9.82 Å². The molecule has 0 saturated heterocycles. The molecule has 0 aliphatic rings. The van der Waals surface area contributed by atoms with Crippen LogP contribution in [0.5, 0.6) is 0 Å². The zero-order valence-corrected chi connectivity index (χ0v) is 12.1. The Labute approximate surface area is 124 Å². The molecule has 7 nitrogen and oxygen atoms in total. The van der Waals surface area contributed by atoms with Crippen LogP contribution in [0.3, 0.4) is 0 Å². The minimum atomic E-state index is -4.08. The van der Waals surface area contributed by atoms with Crippen molar-refractivity contribution >= 4 is 33.3 Å². The first-order valence-corrected chi connectivity index (χ1v) is 7.31. The number of sulfonamides is 1. The zero-order chi connectivity index (χ0) is 15.8. The molecule has 0 spiro atoms. The van der Waals surface area contributed by atoms with Crippen LogP contribution < -0.4 is 4.72 Å². The molecule has 0 bridgehead atoms. The second-order valence-corrected chi connectivity index (χ2v) is 6.03. The maximum atomic E-state index is 13.3. The van der Waals surface area contributed by atoms with Crippen LogP contribution >= 0.6 is 11.6 Å². The summed E-state index contributed by atoms with van der Waals surface area (Å²) in [7, 11) is -2.70. The Morgan fingerprint density at radius 2 is 2.14 bits per heavy atom. The summed E-state index contributed by atoms with van der Waals surface area (Å²) in [6.45, 7) is 0. The van der Waals surface area contributed by atoms with E-state index < -0.39 is 27.4 Å². The van der Waals surface area contributed by atoms with Crippen molar-refractivity contribution in [2.45, 2.75) is 5.03 Å². The fraction of sp³-hybridized carbons (Fsp3) is 0.0909. The molecule has 0 aliphatic heterocycles. The Hall–Kier alpha value is -2.13. The number of hydrogen-bond donors (Lipinski definition) is 2. The minimum absolute atomic E-state index is 0.0921. The van der Waals surface area contributed by atoms with Crippen molar-refractivity contribution in [2.24, 2.45) is 7.05 Å². The first-order chi connectivity index (χ1) is 9.72. The number of carbonyl (C=O) groups is 1. The third kappa shape index (κ3) is 2.98. The van der Waals surface area contributed by atoms with Gasteiger partial charge in [0.05, 0.1) is 16.8 Å². The molecule has 0 atom stereocenters. The largest absolute Gasteiger partial charge is 0.478 e. The van der Waals surface area contributed by atoms with E-state index in [-0.39, 0.29) is 15.7 Å². The van der Waals surface area contributed by atoms with E-state index in [1.807, 2.05) is 0 Å². The molecular weight excluding hydrogens is 325 g/mol. The van der Waals surface area contributed by atoms with Gasteiger partial charge in [-0.2, -0.15) is 13.5 Å². The summed E-state index contributed by atoms with van der Waals surface area (Å²) in [4.78, 5) is 10.8. The lowest BCUT2D eigenvalue weighted by Crippen LogP contribution is -2.17. The standard InChI is InChI=1S/C11H9ClFN3O4S/c1-16-10(8(12)5-14-16)21(19,20)15-6-2-3-9(13)7(4-6)11(17)18/h2-5,15H,1H3,(H,17,18). The lowest BCUT2D eigenvalue weighted by molar-refractivity contribution is 0.0692. The van der Waals surface area contributed by atoms with E-state index in [1.165, 1.54) is 7.05 Å². The molecule has 1 aromatic heterocycles. The van der Waals surface area contributed by atoms with Crippen molar-refractivity contribution < 1.29 is 22.7 Å². The Kier molecular flexibility index (Phi) is 3.88. The van der Waals surface area contributed by atoms with Gasteiger partial charge in [-0.05, 0) is 18.2 Å². The number of hydrogen-bond acceptors (Lipinski definition) is 4. The fourth-order valence-electron chi connectivity index (χ4n) is 1.66. The number of rotatable bonds is 4. The molecule has 2 N–H and O–H groups in total. The zero-order valence-electron chi connectivity index (χ0n) is 10.5. The molecule has 0 radical (unpaired) electrons. The third-order valence-electron chi connectivity index (χ3n) is 2.55. The number of anilines is 1. The highest BCUT2D eigenvalue weighted by Crippen LogP contribution is 2.23. The van der Waals surface area contributed by atoms with E-state index >= 15 is 0 Å². The topological polar surface area (TPSA) is 101 Å². The van der Waals surface area contributed by atoms with E-state index in [0.29, 0.717) is 0 Å². The number of carboxylic acid groups (broad SMARTS) is 1. The van der Waals surface area contributed by atoms with Crippen LogP contribution in [-0.4, -0.2) is 29.3 Å². The van der Waals surface area contributed by atoms with E-state index in [4.69, 9.17) is 16.7 Å². The fourth-order valence-corrected chi connectivity index (χ4v) is 3.37. The lowest BCUT2D eigenvalue weighted by Gasteiger charge is -2.09. The second kappa shape index (κ2) is 5.34. The van der Waals surface area contributed by atoms with Gasteiger partial charge in [-0.25, -0.2) is 9.18 Å². The highest BCUT2D eigenvalue weighted by atomic mass is 35.5. The van der Waals surface area contributed by atoms with Crippen molar-refractivity contribution in [2.75, 3.05) is 4.72 Å². The summed E-state index contributed by atoms with van der Waals surface area (Å²) in [5.41, 5.74) is -0.752. The van der Waals surface area contributed by atoms with Crippen LogP contribution in [0.1, 0.15) is 10.4 Å². The molecule has 1 aromatic carbocycles. The molecular formula is C11H9ClFN3O4S. The lowest BCUT2D eigenvalue weighted by atomic mass is 10.2. The number of benzene rings is 1. The average Bonchev–Trinajstić information content (AvgIpc) is 2.71. The predicted molar refractivity (Wildman–Crippen MR) is 72.4 cm³/mol.